The average molecular weight is 528 g/mol. The van der Waals surface area contributed by atoms with E-state index in [0.717, 1.165) is 21.6 Å². The molecule has 6 nitrogen and oxygen atoms in total. The summed E-state index contributed by atoms with van der Waals surface area (Å²) in [6.07, 6.45) is 0. The summed E-state index contributed by atoms with van der Waals surface area (Å²) in [5, 5.41) is 17.6. The molecule has 37 heavy (non-hydrogen) atoms. The Hall–Kier alpha value is -4.06. The van der Waals surface area contributed by atoms with Gasteiger partial charge in [0.15, 0.2) is 0 Å². The minimum Gasteiger partial charge on any atom is -0.497 e. The Kier molecular flexibility index (Phi) is 8.29. The molecule has 0 saturated heterocycles. The van der Waals surface area contributed by atoms with Crippen LogP contribution in [0.25, 0.3) is 11.1 Å². The summed E-state index contributed by atoms with van der Waals surface area (Å²) in [4.78, 5) is 26.4. The zero-order valence-electron chi connectivity index (χ0n) is 20.6. The first-order valence-electron chi connectivity index (χ1n) is 11.5. The van der Waals surface area contributed by atoms with Crippen LogP contribution in [-0.4, -0.2) is 24.2 Å². The lowest BCUT2D eigenvalue weighted by atomic mass is 10.0. The predicted molar refractivity (Wildman–Crippen MR) is 151 cm³/mol. The molecule has 2 N–H and O–H groups in total. The van der Waals surface area contributed by atoms with Crippen LogP contribution >= 0.6 is 23.1 Å². The number of nitrogens with one attached hydrogen (secondary N) is 2. The number of anilines is 2. The molecule has 1 unspecified atom stereocenters. The summed E-state index contributed by atoms with van der Waals surface area (Å²) in [6, 6.07) is 24.4. The van der Waals surface area contributed by atoms with Gasteiger partial charge in [0.1, 0.15) is 16.8 Å². The van der Waals surface area contributed by atoms with Crippen molar-refractivity contribution in [2.45, 2.75) is 24.0 Å². The summed E-state index contributed by atoms with van der Waals surface area (Å²) in [5.74, 6) is 0.149. The second kappa shape index (κ2) is 11.8. The third kappa shape index (κ3) is 6.39. The number of benzene rings is 3. The molecule has 4 rings (SSSR count). The number of carbonyl (C=O) groups is 2. The standard InChI is InChI=1S/C29H25N3O3S2/c1-18-10-12-20(13-11-18)26-17-36-29(25(26)16-30)32-27(33)19(2)37-24-9-5-7-22(15-24)31-28(34)21-6-4-8-23(14-21)35-3/h4-15,17,19H,1-3H3,(H,31,34)(H,32,33). The summed E-state index contributed by atoms with van der Waals surface area (Å²) in [5.41, 5.74) is 4.46. The number of hydrogen-bond acceptors (Lipinski definition) is 6. The van der Waals surface area contributed by atoms with Crippen LogP contribution < -0.4 is 15.4 Å². The first kappa shape index (κ1) is 26.0. The Bertz CT molecular complexity index is 1470. The molecule has 0 radical (unpaired) electrons. The minimum absolute atomic E-state index is 0.204. The Morgan fingerprint density at radius 1 is 1.03 bits per heavy atom. The van der Waals surface area contributed by atoms with Crippen LogP contribution in [-0.2, 0) is 4.79 Å². The van der Waals surface area contributed by atoms with Crippen molar-refractivity contribution in [3.8, 4) is 22.9 Å². The van der Waals surface area contributed by atoms with E-state index in [1.165, 1.54) is 23.1 Å². The Balaban J connectivity index is 1.42. The van der Waals surface area contributed by atoms with Crippen LogP contribution in [0.3, 0.4) is 0 Å². The fourth-order valence-corrected chi connectivity index (χ4v) is 5.44. The highest BCUT2D eigenvalue weighted by Gasteiger charge is 2.20. The van der Waals surface area contributed by atoms with Gasteiger partial charge in [-0.1, -0.05) is 42.0 Å². The quantitative estimate of drug-likeness (QED) is 0.241. The molecular formula is C29H25N3O3S2. The summed E-state index contributed by atoms with van der Waals surface area (Å²) < 4.78 is 5.19. The molecule has 0 aliphatic heterocycles. The Labute approximate surface area is 224 Å². The molecule has 4 aromatic rings. The summed E-state index contributed by atoms with van der Waals surface area (Å²) >= 11 is 2.71. The third-order valence-electron chi connectivity index (χ3n) is 5.61. The number of methoxy groups -OCH3 is 1. The van der Waals surface area contributed by atoms with Crippen molar-refractivity contribution in [2.24, 2.45) is 0 Å². The Morgan fingerprint density at radius 2 is 1.78 bits per heavy atom. The number of carbonyl (C=O) groups excluding carboxylic acids is 2. The molecule has 1 heterocycles. The largest absolute Gasteiger partial charge is 0.497 e. The highest BCUT2D eigenvalue weighted by Crippen LogP contribution is 2.36. The van der Waals surface area contributed by atoms with E-state index < -0.39 is 5.25 Å². The van der Waals surface area contributed by atoms with Crippen molar-refractivity contribution < 1.29 is 14.3 Å². The number of ether oxygens (including phenoxy) is 1. The van der Waals surface area contributed by atoms with E-state index in [4.69, 9.17) is 4.74 Å². The zero-order valence-corrected chi connectivity index (χ0v) is 22.2. The number of aryl methyl sites for hydroxylation is 1. The average Bonchev–Trinajstić information content (AvgIpc) is 3.31. The molecule has 0 saturated carbocycles. The molecule has 1 atom stereocenters. The first-order chi connectivity index (χ1) is 17.9. The van der Waals surface area contributed by atoms with E-state index in [9.17, 15) is 14.9 Å². The number of rotatable bonds is 8. The van der Waals surface area contributed by atoms with Crippen LogP contribution in [0.5, 0.6) is 5.75 Å². The van der Waals surface area contributed by atoms with Crippen molar-refractivity contribution in [1.82, 2.24) is 0 Å². The normalized spacial score (nSPS) is 11.3. The van der Waals surface area contributed by atoms with E-state index in [-0.39, 0.29) is 11.8 Å². The van der Waals surface area contributed by atoms with Gasteiger partial charge in [0, 0.05) is 27.1 Å². The fourth-order valence-electron chi connectivity index (χ4n) is 3.59. The van der Waals surface area contributed by atoms with Gasteiger partial charge in [-0.05, 0) is 55.8 Å². The Morgan fingerprint density at radius 3 is 2.51 bits per heavy atom. The van der Waals surface area contributed by atoms with Gasteiger partial charge >= 0.3 is 0 Å². The number of amides is 2. The number of thioether (sulfide) groups is 1. The smallest absolute Gasteiger partial charge is 0.255 e. The maximum atomic E-state index is 13.0. The van der Waals surface area contributed by atoms with E-state index in [0.29, 0.717) is 27.6 Å². The van der Waals surface area contributed by atoms with Gasteiger partial charge in [0.2, 0.25) is 5.91 Å². The second-order valence-electron chi connectivity index (χ2n) is 8.29. The molecule has 3 aromatic carbocycles. The SMILES string of the molecule is COc1cccc(C(=O)Nc2cccc(SC(C)C(=O)Nc3scc(-c4ccc(C)cc4)c3C#N)c2)c1. The molecule has 2 amide bonds. The molecule has 0 bridgehead atoms. The summed E-state index contributed by atoms with van der Waals surface area (Å²) in [7, 11) is 1.55. The monoisotopic (exact) mass is 527 g/mol. The number of hydrogen-bond donors (Lipinski definition) is 2. The summed E-state index contributed by atoms with van der Waals surface area (Å²) in [6.45, 7) is 3.82. The van der Waals surface area contributed by atoms with E-state index >= 15 is 0 Å². The van der Waals surface area contributed by atoms with Gasteiger partial charge in [0.25, 0.3) is 5.91 Å². The van der Waals surface area contributed by atoms with Crippen molar-refractivity contribution in [1.29, 1.82) is 5.26 Å². The van der Waals surface area contributed by atoms with Gasteiger partial charge in [-0.25, -0.2) is 0 Å². The zero-order chi connectivity index (χ0) is 26.4. The molecule has 0 fully saturated rings. The molecule has 0 spiro atoms. The van der Waals surface area contributed by atoms with Gasteiger partial charge in [-0.3, -0.25) is 9.59 Å². The number of nitriles is 1. The first-order valence-corrected chi connectivity index (χ1v) is 13.3. The van der Waals surface area contributed by atoms with E-state index in [1.54, 1.807) is 37.4 Å². The van der Waals surface area contributed by atoms with Crippen LogP contribution in [0, 0.1) is 18.3 Å². The molecule has 186 valence electrons. The number of thiophene rings is 1. The van der Waals surface area contributed by atoms with Crippen LogP contribution in [0.15, 0.2) is 83.1 Å². The molecular weight excluding hydrogens is 502 g/mol. The third-order valence-corrected chi connectivity index (χ3v) is 7.60. The lowest BCUT2D eigenvalue weighted by molar-refractivity contribution is -0.115. The van der Waals surface area contributed by atoms with Gasteiger partial charge in [0.05, 0.1) is 17.9 Å². The highest BCUT2D eigenvalue weighted by molar-refractivity contribution is 8.00. The van der Waals surface area contributed by atoms with Crippen LogP contribution in [0.1, 0.15) is 28.4 Å². The second-order valence-corrected chi connectivity index (χ2v) is 10.6. The predicted octanol–water partition coefficient (Wildman–Crippen LogP) is 6.98. The van der Waals surface area contributed by atoms with Crippen LogP contribution in [0.4, 0.5) is 10.7 Å². The highest BCUT2D eigenvalue weighted by atomic mass is 32.2. The van der Waals surface area contributed by atoms with Gasteiger partial charge < -0.3 is 15.4 Å². The minimum atomic E-state index is -0.430. The van der Waals surface area contributed by atoms with Gasteiger partial charge in [-0.15, -0.1) is 23.1 Å². The maximum Gasteiger partial charge on any atom is 0.255 e. The fraction of sp³-hybridized carbons (Fsp3) is 0.138. The van der Waals surface area contributed by atoms with Crippen molar-refractivity contribution in [3.63, 3.8) is 0 Å². The lowest BCUT2D eigenvalue weighted by Gasteiger charge is -2.13. The van der Waals surface area contributed by atoms with E-state index in [1.807, 2.05) is 61.7 Å². The number of nitrogens with zero attached hydrogens (tertiary/aromatic N) is 1. The van der Waals surface area contributed by atoms with Gasteiger partial charge in [-0.2, -0.15) is 5.26 Å². The molecule has 0 aliphatic rings. The van der Waals surface area contributed by atoms with Crippen LogP contribution in [0.2, 0.25) is 0 Å². The molecule has 0 aliphatic carbocycles. The molecule has 8 heteroatoms. The van der Waals surface area contributed by atoms with Crippen molar-refractivity contribution >= 4 is 45.6 Å². The van der Waals surface area contributed by atoms with Crippen molar-refractivity contribution in [3.05, 3.63) is 94.9 Å². The lowest BCUT2D eigenvalue weighted by Crippen LogP contribution is -2.22. The van der Waals surface area contributed by atoms with E-state index in [2.05, 4.69) is 16.7 Å². The molecule has 1 aromatic heterocycles. The van der Waals surface area contributed by atoms with Crippen molar-refractivity contribution in [2.75, 3.05) is 17.7 Å². The maximum absolute atomic E-state index is 13.0. The topological polar surface area (TPSA) is 91.2 Å².